The van der Waals surface area contributed by atoms with Crippen LogP contribution in [0.1, 0.15) is 0 Å². The quantitative estimate of drug-likeness (QED) is 0.149. The number of rotatable bonds is 4. The van der Waals surface area contributed by atoms with Gasteiger partial charge < -0.3 is 19.3 Å². The summed E-state index contributed by atoms with van der Waals surface area (Å²) in [7, 11) is -9.39. The van der Waals surface area contributed by atoms with Crippen LogP contribution in [0.25, 0.3) is 63.3 Å². The normalized spacial score (nSPS) is 11.4. The molecule has 54 heavy (non-hydrogen) atoms. The Bertz CT molecular complexity index is 2790. The second-order valence-corrected chi connectivity index (χ2v) is 16.4. The minimum absolute atomic E-state index is 0. The summed E-state index contributed by atoms with van der Waals surface area (Å²) in [6.45, 7) is 0. The van der Waals surface area contributed by atoms with E-state index in [2.05, 4.69) is 0 Å². The Morgan fingerprint density at radius 3 is 1.20 bits per heavy atom. The molecule has 0 bridgehead atoms. The van der Waals surface area contributed by atoms with Crippen LogP contribution in [0.2, 0.25) is 0 Å². The molecule has 0 radical (unpaired) electrons. The smallest absolute Gasteiger partial charge is 0.744 e. The van der Waals surface area contributed by atoms with Crippen molar-refractivity contribution in [3.63, 3.8) is 0 Å². The molecule has 0 atom stereocenters. The average molecular weight is 813 g/mol. The van der Waals surface area contributed by atoms with Crippen LogP contribution in [0.3, 0.4) is 0 Å². The van der Waals surface area contributed by atoms with Gasteiger partial charge in [-0.05, 0) is 72.8 Å². The van der Waals surface area contributed by atoms with Gasteiger partial charge in [0.25, 0.3) is 0 Å². The molecule has 16 heteroatoms. The number of phenols is 2. The van der Waals surface area contributed by atoms with Gasteiger partial charge in [0.2, 0.25) is 0 Å². The second kappa shape index (κ2) is 16.3. The van der Waals surface area contributed by atoms with Crippen molar-refractivity contribution in [2.75, 3.05) is 0 Å². The van der Waals surface area contributed by atoms with Crippen molar-refractivity contribution in [3.05, 3.63) is 142 Å². The summed E-state index contributed by atoms with van der Waals surface area (Å²) >= 11 is 2.63. The number of phenolic OH excluding ortho intramolecular Hbond substituents is 2. The molecule has 0 fully saturated rings. The third kappa shape index (κ3) is 8.35. The van der Waals surface area contributed by atoms with Crippen LogP contribution in [0.5, 0.6) is 11.5 Å². The van der Waals surface area contributed by atoms with E-state index in [1.165, 1.54) is 83.3 Å². The first-order valence-corrected chi connectivity index (χ1v) is 19.6. The SMILES string of the molecule is O=c1ccc2c(-c3ccccc3S(=O)(=O)[O-])c3ccc(O)cc3sc-2c1.O=c1ccc2c(-c3ccccc3S(=O)(=O)[O-])c3ccc(O)cc3sc-2c1.[Na+].[Na+]. The van der Waals surface area contributed by atoms with Gasteiger partial charge in [0, 0.05) is 75.4 Å². The number of hydrogen-bond acceptors (Lipinski definition) is 12. The van der Waals surface area contributed by atoms with Gasteiger partial charge in [-0.15, -0.1) is 22.7 Å². The molecular formula is C38H22Na2O10S4. The summed E-state index contributed by atoms with van der Waals surface area (Å²) in [4.78, 5) is 24.2. The molecule has 0 unspecified atom stereocenters. The van der Waals surface area contributed by atoms with Crippen molar-refractivity contribution >= 4 is 63.1 Å². The van der Waals surface area contributed by atoms with E-state index in [9.17, 15) is 45.7 Å². The number of hydrogen-bond donors (Lipinski definition) is 2. The Balaban J connectivity index is 0.000000200. The van der Waals surface area contributed by atoms with E-state index in [0.717, 1.165) is 0 Å². The molecule has 2 aliphatic carbocycles. The summed E-state index contributed by atoms with van der Waals surface area (Å²) in [5, 5.41) is 21.0. The van der Waals surface area contributed by atoms with Crippen LogP contribution in [-0.4, -0.2) is 36.2 Å². The van der Waals surface area contributed by atoms with Crippen LogP contribution >= 0.6 is 22.7 Å². The number of fused-ring (bicyclic) bond motifs is 4. The Kier molecular flexibility index (Phi) is 12.6. The molecule has 260 valence electrons. The van der Waals surface area contributed by atoms with Gasteiger partial charge in [-0.2, -0.15) is 0 Å². The maximum atomic E-state index is 11.8. The fraction of sp³-hybridized carbons (Fsp3) is 0. The Morgan fingerprint density at radius 1 is 0.463 bits per heavy atom. The van der Waals surface area contributed by atoms with E-state index in [1.807, 2.05) is 0 Å². The zero-order valence-corrected chi connectivity index (χ0v) is 35.6. The molecular weight excluding hydrogens is 791 g/mol. The predicted molar refractivity (Wildman–Crippen MR) is 200 cm³/mol. The van der Waals surface area contributed by atoms with Gasteiger partial charge in [0.1, 0.15) is 31.7 Å². The summed E-state index contributed by atoms with van der Waals surface area (Å²) < 4.78 is 71.9. The minimum atomic E-state index is -4.69. The molecule has 0 saturated carbocycles. The molecule has 2 N–H and O–H groups in total. The third-order valence-corrected chi connectivity index (χ3v) is 12.2. The summed E-state index contributed by atoms with van der Waals surface area (Å²) in [6, 6.07) is 30.4. The monoisotopic (exact) mass is 812 g/mol. The van der Waals surface area contributed by atoms with E-state index in [-0.39, 0.29) is 102 Å². The maximum absolute atomic E-state index is 11.8. The van der Waals surface area contributed by atoms with Crippen molar-refractivity contribution < 1.29 is 95.3 Å². The first-order chi connectivity index (χ1) is 24.7. The van der Waals surface area contributed by atoms with Gasteiger partial charge >= 0.3 is 59.1 Å². The topological polar surface area (TPSA) is 189 Å². The molecule has 4 aliphatic rings. The van der Waals surface area contributed by atoms with Gasteiger partial charge in [-0.25, -0.2) is 16.8 Å². The standard InChI is InChI=1S/2C19H12O5S2.2Na/c2*20-11-5-7-13-16(9-11)25-17-10-12(21)6-8-14(17)19(13)15-3-1-2-4-18(15)26(22,23)24;;/h2*1-10,20H,(H,22,23,24);;/q;;2*+1/p-2. The summed E-state index contributed by atoms with van der Waals surface area (Å²) in [6.07, 6.45) is 0. The Morgan fingerprint density at radius 2 is 0.833 bits per heavy atom. The van der Waals surface area contributed by atoms with E-state index in [1.54, 1.807) is 60.7 Å². The number of benzene rings is 6. The number of aromatic hydroxyl groups is 2. The Hall–Kier alpha value is -3.48. The summed E-state index contributed by atoms with van der Waals surface area (Å²) in [5.74, 6) is 0.115. The average Bonchev–Trinajstić information content (AvgIpc) is 3.09. The van der Waals surface area contributed by atoms with Gasteiger partial charge in [-0.3, -0.25) is 9.59 Å². The van der Waals surface area contributed by atoms with E-state index < -0.39 is 20.2 Å². The fourth-order valence-electron chi connectivity index (χ4n) is 6.08. The van der Waals surface area contributed by atoms with Gasteiger partial charge in [0.05, 0.1) is 9.79 Å². The van der Waals surface area contributed by atoms with Crippen LogP contribution < -0.4 is 70.0 Å². The van der Waals surface area contributed by atoms with Crippen molar-refractivity contribution in [2.24, 2.45) is 0 Å². The fourth-order valence-corrected chi connectivity index (χ4v) is 9.75. The molecule has 0 spiro atoms. The third-order valence-electron chi connectivity index (χ3n) is 8.21. The van der Waals surface area contributed by atoms with Crippen molar-refractivity contribution in [1.29, 1.82) is 0 Å². The van der Waals surface area contributed by atoms with Crippen LogP contribution in [-0.2, 0) is 20.2 Å². The molecule has 2 aliphatic heterocycles. The molecule has 0 amide bonds. The predicted octanol–water partition coefficient (Wildman–Crippen LogP) is 1.29. The minimum Gasteiger partial charge on any atom is -0.744 e. The van der Waals surface area contributed by atoms with Crippen LogP contribution in [0, 0.1) is 0 Å². The molecule has 4 aromatic carbocycles. The first-order valence-electron chi connectivity index (χ1n) is 15.2. The van der Waals surface area contributed by atoms with Crippen molar-refractivity contribution in [3.8, 4) is 54.6 Å². The molecule has 2 heterocycles. The van der Waals surface area contributed by atoms with E-state index >= 15 is 0 Å². The van der Waals surface area contributed by atoms with Crippen molar-refractivity contribution in [1.82, 2.24) is 0 Å². The largest absolute Gasteiger partial charge is 1.00 e. The Labute approximate surface area is 360 Å². The van der Waals surface area contributed by atoms with Crippen LogP contribution in [0.15, 0.2) is 141 Å². The first kappa shape index (κ1) is 41.7. The van der Waals surface area contributed by atoms with E-state index in [4.69, 9.17) is 0 Å². The molecule has 0 saturated heterocycles. The zero-order valence-electron chi connectivity index (χ0n) is 28.3. The second-order valence-electron chi connectivity index (χ2n) is 11.5. The van der Waals surface area contributed by atoms with E-state index in [0.29, 0.717) is 52.2 Å². The zero-order chi connectivity index (χ0) is 36.9. The van der Waals surface area contributed by atoms with Crippen molar-refractivity contribution in [2.45, 2.75) is 9.79 Å². The molecule has 8 rings (SSSR count). The molecule has 4 aromatic rings. The van der Waals surface area contributed by atoms with Crippen LogP contribution in [0.4, 0.5) is 0 Å². The molecule has 10 nitrogen and oxygen atoms in total. The maximum Gasteiger partial charge on any atom is 1.00 e. The van der Waals surface area contributed by atoms with Gasteiger partial charge in [-0.1, -0.05) is 36.4 Å². The summed E-state index contributed by atoms with van der Waals surface area (Å²) in [5.41, 5.74) is 2.62. The van der Waals surface area contributed by atoms with Gasteiger partial charge in [0.15, 0.2) is 10.9 Å². The molecule has 0 aromatic heterocycles.